The van der Waals surface area contributed by atoms with E-state index in [1.807, 2.05) is 0 Å². The number of nitrogens with zero attached hydrogens (tertiary/aromatic N) is 3. The molecule has 0 aliphatic heterocycles. The first kappa shape index (κ1) is 30.3. The fourth-order valence-corrected chi connectivity index (χ4v) is 7.22. The topological polar surface area (TPSA) is 176 Å². The highest BCUT2D eigenvalue weighted by atomic mass is 32.2. The van der Waals surface area contributed by atoms with Gasteiger partial charge in [0.1, 0.15) is 10.3 Å². The van der Waals surface area contributed by atoms with Gasteiger partial charge in [0.25, 0.3) is 0 Å². The molecule has 0 bridgehead atoms. The third-order valence-corrected chi connectivity index (χ3v) is 9.89. The summed E-state index contributed by atoms with van der Waals surface area (Å²) >= 11 is 1.23. The van der Waals surface area contributed by atoms with Gasteiger partial charge in [-0.25, -0.2) is 18.4 Å². The Labute approximate surface area is 241 Å². The third-order valence-electron chi connectivity index (χ3n) is 7.10. The fourth-order valence-electron chi connectivity index (χ4n) is 4.95. The van der Waals surface area contributed by atoms with Crippen molar-refractivity contribution in [2.24, 2.45) is 5.92 Å². The molecule has 1 fully saturated rings. The van der Waals surface area contributed by atoms with Crippen molar-refractivity contribution in [3.8, 4) is 5.88 Å². The normalized spacial score (nSPS) is 14.8. The lowest BCUT2D eigenvalue weighted by molar-refractivity contribution is -0.137. The van der Waals surface area contributed by atoms with Crippen LogP contribution in [-0.4, -0.2) is 70.9 Å². The van der Waals surface area contributed by atoms with Crippen LogP contribution in [0.1, 0.15) is 56.4 Å². The number of anilines is 1. The molecule has 0 radical (unpaired) electrons. The predicted molar refractivity (Wildman–Crippen MR) is 152 cm³/mol. The molecular weight excluding hydrogens is 572 g/mol. The first-order valence-corrected chi connectivity index (χ1v) is 15.5. The van der Waals surface area contributed by atoms with E-state index in [0.717, 1.165) is 30.0 Å². The molecule has 12 nitrogen and oxygen atoms in total. The number of carboxylic acid groups (broad SMARTS) is 2. The van der Waals surface area contributed by atoms with Crippen molar-refractivity contribution in [1.29, 1.82) is 0 Å². The summed E-state index contributed by atoms with van der Waals surface area (Å²) in [6, 6.07) is 9.38. The number of pyridine rings is 1. The van der Waals surface area contributed by atoms with Crippen LogP contribution in [0.3, 0.4) is 0 Å². The lowest BCUT2D eigenvalue weighted by Gasteiger charge is -2.22. The van der Waals surface area contributed by atoms with Crippen LogP contribution in [0.15, 0.2) is 41.3 Å². The number of rotatable bonds is 14. The van der Waals surface area contributed by atoms with E-state index < -0.39 is 40.7 Å². The molecular formula is C27H32N4O8S2. The van der Waals surface area contributed by atoms with E-state index in [9.17, 15) is 22.8 Å². The van der Waals surface area contributed by atoms with Crippen LogP contribution in [0.5, 0.6) is 5.88 Å². The maximum Gasteiger partial charge on any atom is 0.304 e. The number of thiazole rings is 1. The van der Waals surface area contributed by atoms with Gasteiger partial charge >= 0.3 is 11.9 Å². The number of carbonyl (C=O) groups excluding carboxylic acids is 1. The molecule has 2 aromatic heterocycles. The SMILES string of the molecule is COc1ccc2nc(NC(=O)C(CC3CCCC3)c3ccc(S(=O)(=O)N(CCC(=O)O)CCC(=O)O)cc3)sc2n1. The molecule has 1 atom stereocenters. The highest BCUT2D eigenvalue weighted by Crippen LogP contribution is 2.36. The van der Waals surface area contributed by atoms with E-state index in [-0.39, 0.29) is 23.9 Å². The van der Waals surface area contributed by atoms with Gasteiger partial charge in [0, 0.05) is 19.2 Å². The van der Waals surface area contributed by atoms with Gasteiger partial charge in [-0.1, -0.05) is 49.2 Å². The Balaban J connectivity index is 1.57. The molecule has 3 N–H and O–H groups in total. The van der Waals surface area contributed by atoms with Crippen LogP contribution >= 0.6 is 11.3 Å². The van der Waals surface area contributed by atoms with E-state index >= 15 is 0 Å². The lowest BCUT2D eigenvalue weighted by atomic mass is 9.87. The molecule has 14 heteroatoms. The number of benzene rings is 1. The highest BCUT2D eigenvalue weighted by molar-refractivity contribution is 7.89. The number of methoxy groups -OCH3 is 1. The lowest BCUT2D eigenvalue weighted by Crippen LogP contribution is -2.35. The van der Waals surface area contributed by atoms with Gasteiger partial charge in [0.2, 0.25) is 21.8 Å². The van der Waals surface area contributed by atoms with Crippen molar-refractivity contribution in [1.82, 2.24) is 14.3 Å². The molecule has 1 saturated carbocycles. The van der Waals surface area contributed by atoms with Gasteiger partial charge in [0.05, 0.1) is 30.8 Å². The van der Waals surface area contributed by atoms with Gasteiger partial charge in [0.15, 0.2) is 5.13 Å². The third kappa shape index (κ3) is 7.77. The van der Waals surface area contributed by atoms with Crippen LogP contribution in [0.4, 0.5) is 5.13 Å². The summed E-state index contributed by atoms with van der Waals surface area (Å²) in [7, 11) is -2.65. The number of aromatic nitrogens is 2. The number of aliphatic carboxylic acids is 2. The second-order valence-electron chi connectivity index (χ2n) is 9.89. The molecule has 1 aliphatic rings. The number of carbonyl (C=O) groups is 3. The number of amides is 1. The summed E-state index contributed by atoms with van der Waals surface area (Å²) in [5, 5.41) is 21.4. The van der Waals surface area contributed by atoms with Gasteiger partial charge < -0.3 is 20.3 Å². The van der Waals surface area contributed by atoms with Crippen LogP contribution in [-0.2, 0) is 24.4 Å². The highest BCUT2D eigenvalue weighted by Gasteiger charge is 2.29. The minimum absolute atomic E-state index is 0.108. The molecule has 0 spiro atoms. The summed E-state index contributed by atoms with van der Waals surface area (Å²) in [6.07, 6.45) is 3.90. The molecule has 1 aromatic carbocycles. The Morgan fingerprint density at radius 2 is 1.66 bits per heavy atom. The van der Waals surface area contributed by atoms with E-state index in [2.05, 4.69) is 15.3 Å². The van der Waals surface area contributed by atoms with E-state index in [1.54, 1.807) is 24.3 Å². The Bertz CT molecular complexity index is 1480. The fraction of sp³-hybridized carbons (Fsp3) is 0.444. The zero-order valence-corrected chi connectivity index (χ0v) is 24.1. The van der Waals surface area contributed by atoms with Crippen molar-refractivity contribution < 1.29 is 37.8 Å². The standard InChI is InChI=1S/C27H32N4O8S2/c1-39-22-11-10-21-26(29-22)40-27(28-21)30-25(36)20(16-17-4-2-3-5-17)18-6-8-19(9-7-18)41(37,38)31(14-12-23(32)33)15-13-24(34)35/h6-11,17,20H,2-5,12-16H2,1H3,(H,32,33)(H,34,35)(H,28,30,36). The average Bonchev–Trinajstić information content (AvgIpc) is 3.60. The maximum absolute atomic E-state index is 13.6. The zero-order valence-electron chi connectivity index (χ0n) is 22.5. The van der Waals surface area contributed by atoms with Crippen molar-refractivity contribution in [2.45, 2.75) is 55.8 Å². The summed E-state index contributed by atoms with van der Waals surface area (Å²) < 4.78 is 32.6. The van der Waals surface area contributed by atoms with Crippen molar-refractivity contribution in [2.75, 3.05) is 25.5 Å². The number of sulfonamides is 1. The first-order chi connectivity index (χ1) is 19.6. The largest absolute Gasteiger partial charge is 0.481 e. The number of nitrogens with one attached hydrogen (secondary N) is 1. The quantitative estimate of drug-likeness (QED) is 0.244. The minimum atomic E-state index is -4.17. The Kier molecular flexibility index (Phi) is 9.89. The number of fused-ring (bicyclic) bond motifs is 1. The molecule has 2 heterocycles. The van der Waals surface area contributed by atoms with Gasteiger partial charge in [-0.05, 0) is 36.1 Å². The number of hydrogen-bond acceptors (Lipinski definition) is 9. The van der Waals surface area contributed by atoms with E-state index in [1.165, 1.54) is 30.6 Å². The molecule has 41 heavy (non-hydrogen) atoms. The van der Waals surface area contributed by atoms with Gasteiger partial charge in [-0.15, -0.1) is 0 Å². The van der Waals surface area contributed by atoms with Gasteiger partial charge in [-0.2, -0.15) is 4.31 Å². The minimum Gasteiger partial charge on any atom is -0.481 e. The Hall–Kier alpha value is -3.62. The number of hydrogen-bond donors (Lipinski definition) is 3. The molecule has 3 aromatic rings. The van der Waals surface area contributed by atoms with Crippen molar-refractivity contribution in [3.05, 3.63) is 42.0 Å². The number of carboxylic acids is 2. The molecule has 1 aliphatic carbocycles. The summed E-state index contributed by atoms with van der Waals surface area (Å²) in [5.74, 6) is -2.41. The second kappa shape index (κ2) is 13.4. The van der Waals surface area contributed by atoms with Crippen LogP contribution in [0, 0.1) is 5.92 Å². The first-order valence-electron chi connectivity index (χ1n) is 13.2. The van der Waals surface area contributed by atoms with E-state index in [0.29, 0.717) is 39.3 Å². The molecule has 220 valence electrons. The zero-order chi connectivity index (χ0) is 29.6. The summed E-state index contributed by atoms with van der Waals surface area (Å²) in [6.45, 7) is -0.718. The summed E-state index contributed by atoms with van der Waals surface area (Å²) in [5.41, 5.74) is 1.26. The Morgan fingerprint density at radius 1 is 1.02 bits per heavy atom. The van der Waals surface area contributed by atoms with Crippen molar-refractivity contribution >= 4 is 54.7 Å². The molecule has 0 saturated heterocycles. The number of ether oxygens (including phenoxy) is 1. The Morgan fingerprint density at radius 3 is 2.24 bits per heavy atom. The van der Waals surface area contributed by atoms with Crippen LogP contribution < -0.4 is 10.1 Å². The van der Waals surface area contributed by atoms with Gasteiger partial charge in [-0.3, -0.25) is 14.4 Å². The van der Waals surface area contributed by atoms with Crippen LogP contribution in [0.2, 0.25) is 0 Å². The monoisotopic (exact) mass is 604 g/mol. The maximum atomic E-state index is 13.6. The van der Waals surface area contributed by atoms with Crippen molar-refractivity contribution in [3.63, 3.8) is 0 Å². The van der Waals surface area contributed by atoms with E-state index in [4.69, 9.17) is 14.9 Å². The second-order valence-corrected chi connectivity index (χ2v) is 12.8. The predicted octanol–water partition coefficient (Wildman–Crippen LogP) is 3.94. The average molecular weight is 605 g/mol. The summed E-state index contributed by atoms with van der Waals surface area (Å²) in [4.78, 5) is 45.0. The smallest absolute Gasteiger partial charge is 0.304 e. The molecule has 1 amide bonds. The van der Waals surface area contributed by atoms with Crippen LogP contribution in [0.25, 0.3) is 10.3 Å². The molecule has 1 unspecified atom stereocenters. The molecule has 4 rings (SSSR count).